The summed E-state index contributed by atoms with van der Waals surface area (Å²) in [6.45, 7) is 0. The Kier molecular flexibility index (Phi) is 2.10. The van der Waals surface area contributed by atoms with E-state index in [1.165, 1.54) is 51.4 Å². The highest BCUT2D eigenvalue weighted by Gasteiger charge is 2.52. The molecule has 0 aromatic heterocycles. The minimum absolute atomic E-state index is 0.444. The summed E-state index contributed by atoms with van der Waals surface area (Å²) >= 11 is 0. The van der Waals surface area contributed by atoms with Gasteiger partial charge in [-0.15, -0.1) is 0 Å². The average molecular weight is 195 g/mol. The first-order valence-electron chi connectivity index (χ1n) is 6.22. The zero-order chi connectivity index (χ0) is 9.60. The van der Waals surface area contributed by atoms with Crippen molar-refractivity contribution in [3.05, 3.63) is 0 Å². The van der Waals surface area contributed by atoms with Crippen LogP contribution in [-0.4, -0.2) is 23.8 Å². The summed E-state index contributed by atoms with van der Waals surface area (Å²) in [5.41, 5.74) is 0.444. The molecule has 1 heterocycles. The van der Waals surface area contributed by atoms with Crippen LogP contribution in [0.5, 0.6) is 0 Å². The van der Waals surface area contributed by atoms with E-state index in [2.05, 4.69) is 12.1 Å². The molecule has 3 rings (SSSR count). The maximum Gasteiger partial charge on any atom is 0.0812 e. The summed E-state index contributed by atoms with van der Waals surface area (Å²) in [6, 6.07) is 0. The molecule has 0 aromatic rings. The third-order valence-corrected chi connectivity index (χ3v) is 4.77. The van der Waals surface area contributed by atoms with Gasteiger partial charge >= 0.3 is 0 Å². The molecular weight excluding hydrogens is 174 g/mol. The van der Waals surface area contributed by atoms with E-state index in [-0.39, 0.29) is 0 Å². The fourth-order valence-electron chi connectivity index (χ4n) is 4.03. The van der Waals surface area contributed by atoms with Gasteiger partial charge in [0.1, 0.15) is 0 Å². The van der Waals surface area contributed by atoms with Crippen LogP contribution in [0, 0.1) is 5.92 Å². The zero-order valence-electron chi connectivity index (χ0n) is 9.17. The highest BCUT2D eigenvalue weighted by atomic mass is 16.7. The molecule has 3 fully saturated rings. The monoisotopic (exact) mass is 195 g/mol. The lowest BCUT2D eigenvalue weighted by atomic mass is 9.70. The van der Waals surface area contributed by atoms with Gasteiger partial charge in [-0.05, 0) is 38.0 Å². The van der Waals surface area contributed by atoms with Crippen LogP contribution < -0.4 is 0 Å². The van der Waals surface area contributed by atoms with Crippen molar-refractivity contribution >= 4 is 0 Å². The summed E-state index contributed by atoms with van der Waals surface area (Å²) < 4.78 is 0. The van der Waals surface area contributed by atoms with Crippen molar-refractivity contribution in [2.75, 3.05) is 7.05 Å². The summed E-state index contributed by atoms with van der Waals surface area (Å²) in [5.74, 6) is 0.925. The first kappa shape index (κ1) is 9.17. The molecule has 80 valence electrons. The Morgan fingerprint density at radius 2 is 2.00 bits per heavy atom. The van der Waals surface area contributed by atoms with E-state index in [0.717, 1.165) is 5.92 Å². The SMILES string of the molecule is CN1OC2CCCC3CCCCC31C2. The third-order valence-electron chi connectivity index (χ3n) is 4.77. The Morgan fingerprint density at radius 3 is 2.93 bits per heavy atom. The first-order chi connectivity index (χ1) is 6.81. The van der Waals surface area contributed by atoms with E-state index in [1.54, 1.807) is 0 Å². The highest BCUT2D eigenvalue weighted by molar-refractivity contribution is 5.02. The largest absolute Gasteiger partial charge is 0.295 e. The molecule has 0 aromatic carbocycles. The number of rotatable bonds is 0. The molecule has 0 amide bonds. The Morgan fingerprint density at radius 1 is 1.14 bits per heavy atom. The lowest BCUT2D eigenvalue weighted by Crippen LogP contribution is -2.49. The van der Waals surface area contributed by atoms with Crippen molar-refractivity contribution in [1.82, 2.24) is 5.06 Å². The van der Waals surface area contributed by atoms with Crippen LogP contribution in [0.2, 0.25) is 0 Å². The van der Waals surface area contributed by atoms with E-state index in [1.807, 2.05) is 0 Å². The van der Waals surface area contributed by atoms with Crippen LogP contribution in [-0.2, 0) is 4.84 Å². The number of nitrogens with zero attached hydrogens (tertiary/aromatic N) is 1. The molecule has 2 saturated carbocycles. The number of hydrogen-bond acceptors (Lipinski definition) is 2. The lowest BCUT2D eigenvalue weighted by Gasteiger charge is -2.44. The average Bonchev–Trinajstić information content (AvgIpc) is 2.39. The van der Waals surface area contributed by atoms with Crippen molar-refractivity contribution in [2.24, 2.45) is 5.92 Å². The number of hydrogen-bond donors (Lipinski definition) is 0. The van der Waals surface area contributed by atoms with Crippen LogP contribution >= 0.6 is 0 Å². The molecule has 1 spiro atoms. The van der Waals surface area contributed by atoms with Crippen LogP contribution in [0.1, 0.15) is 51.4 Å². The van der Waals surface area contributed by atoms with Crippen LogP contribution in [0.25, 0.3) is 0 Å². The van der Waals surface area contributed by atoms with Crippen molar-refractivity contribution in [3.63, 3.8) is 0 Å². The molecule has 2 nitrogen and oxygen atoms in total. The quantitative estimate of drug-likeness (QED) is 0.589. The van der Waals surface area contributed by atoms with Gasteiger partial charge in [0.25, 0.3) is 0 Å². The van der Waals surface area contributed by atoms with Gasteiger partial charge in [0, 0.05) is 7.05 Å². The third kappa shape index (κ3) is 1.17. The van der Waals surface area contributed by atoms with Gasteiger partial charge in [0.2, 0.25) is 0 Å². The summed E-state index contributed by atoms with van der Waals surface area (Å²) in [6.07, 6.45) is 11.7. The second-order valence-corrected chi connectivity index (χ2v) is 5.41. The fraction of sp³-hybridized carbons (Fsp3) is 1.00. The van der Waals surface area contributed by atoms with Gasteiger partial charge < -0.3 is 0 Å². The van der Waals surface area contributed by atoms with Crippen molar-refractivity contribution in [3.8, 4) is 0 Å². The molecule has 3 unspecified atom stereocenters. The first-order valence-corrected chi connectivity index (χ1v) is 6.22. The molecule has 14 heavy (non-hydrogen) atoms. The minimum Gasteiger partial charge on any atom is -0.295 e. The summed E-state index contributed by atoms with van der Waals surface area (Å²) in [4.78, 5) is 5.96. The van der Waals surface area contributed by atoms with Gasteiger partial charge in [-0.3, -0.25) is 4.84 Å². The number of hydroxylamine groups is 2. The molecule has 2 heteroatoms. The molecule has 3 aliphatic rings. The summed E-state index contributed by atoms with van der Waals surface area (Å²) in [5, 5.41) is 2.24. The van der Waals surface area contributed by atoms with Gasteiger partial charge in [-0.25, -0.2) is 0 Å². The van der Waals surface area contributed by atoms with Gasteiger partial charge in [0.15, 0.2) is 0 Å². The second-order valence-electron chi connectivity index (χ2n) is 5.41. The topological polar surface area (TPSA) is 12.5 Å². The normalized spacial score (nSPS) is 48.6. The van der Waals surface area contributed by atoms with Crippen molar-refractivity contribution in [1.29, 1.82) is 0 Å². The number of fused-ring (bicyclic) bond motifs is 1. The molecule has 3 atom stereocenters. The minimum atomic E-state index is 0.444. The van der Waals surface area contributed by atoms with Gasteiger partial charge in [0.05, 0.1) is 11.6 Å². The Bertz CT molecular complexity index is 230. The van der Waals surface area contributed by atoms with Crippen molar-refractivity contribution < 1.29 is 4.84 Å². The molecule has 2 bridgehead atoms. The predicted octanol–water partition coefficient (Wildman–Crippen LogP) is 2.74. The summed E-state index contributed by atoms with van der Waals surface area (Å²) in [7, 11) is 2.17. The maximum atomic E-state index is 5.96. The highest BCUT2D eigenvalue weighted by Crippen LogP contribution is 2.50. The molecular formula is C12H21NO. The molecule has 0 N–H and O–H groups in total. The fourth-order valence-corrected chi connectivity index (χ4v) is 4.03. The van der Waals surface area contributed by atoms with E-state index in [0.29, 0.717) is 11.6 Å². The second kappa shape index (κ2) is 3.21. The van der Waals surface area contributed by atoms with E-state index in [4.69, 9.17) is 4.84 Å². The van der Waals surface area contributed by atoms with E-state index < -0.39 is 0 Å². The molecule has 1 saturated heterocycles. The van der Waals surface area contributed by atoms with Gasteiger partial charge in [-0.1, -0.05) is 19.3 Å². The smallest absolute Gasteiger partial charge is 0.0812 e. The van der Waals surface area contributed by atoms with Crippen molar-refractivity contribution in [2.45, 2.75) is 63.0 Å². The lowest BCUT2D eigenvalue weighted by molar-refractivity contribution is -0.195. The van der Waals surface area contributed by atoms with Gasteiger partial charge in [-0.2, -0.15) is 5.06 Å². The van der Waals surface area contributed by atoms with E-state index >= 15 is 0 Å². The molecule has 1 aliphatic heterocycles. The molecule has 2 aliphatic carbocycles. The predicted molar refractivity (Wildman–Crippen MR) is 55.8 cm³/mol. The van der Waals surface area contributed by atoms with Crippen LogP contribution in [0.4, 0.5) is 0 Å². The Balaban J connectivity index is 1.92. The van der Waals surface area contributed by atoms with Crippen LogP contribution in [0.3, 0.4) is 0 Å². The Labute approximate surface area is 86.6 Å². The van der Waals surface area contributed by atoms with E-state index in [9.17, 15) is 0 Å². The maximum absolute atomic E-state index is 5.96. The standard InChI is InChI=1S/C12H21NO/c1-13-12-8-3-2-5-10(12)6-4-7-11(9-12)14-13/h10-11H,2-9H2,1H3. The zero-order valence-corrected chi connectivity index (χ0v) is 9.17. The molecule has 0 radical (unpaired) electrons. The Hall–Kier alpha value is -0.0800. The van der Waals surface area contributed by atoms with Crippen LogP contribution in [0.15, 0.2) is 0 Å².